The molecule has 0 aromatic heterocycles. The third kappa shape index (κ3) is 2.58. The van der Waals surface area contributed by atoms with Crippen molar-refractivity contribution < 1.29 is 14.3 Å². The summed E-state index contributed by atoms with van der Waals surface area (Å²) in [6.45, 7) is 3.52. The summed E-state index contributed by atoms with van der Waals surface area (Å²) in [6, 6.07) is 0. The standard InChI is InChI=1S/C11H19NO3/c1-9(13)6-8-12-10(14-3)5-7-11(12,2)15-4/h6,8,10H,5,7H2,1-4H3/b8-6+/t10-,11-/m1/s1. The Kier molecular flexibility index (Phi) is 3.88. The van der Waals surface area contributed by atoms with Crippen LogP contribution >= 0.6 is 0 Å². The molecule has 1 aliphatic rings. The number of methoxy groups -OCH3 is 2. The molecule has 0 aromatic rings. The molecule has 1 heterocycles. The van der Waals surface area contributed by atoms with Crippen LogP contribution in [0.4, 0.5) is 0 Å². The largest absolute Gasteiger partial charge is 0.362 e. The maximum atomic E-state index is 10.9. The quantitative estimate of drug-likeness (QED) is 0.664. The maximum absolute atomic E-state index is 10.9. The Balaban J connectivity index is 2.81. The van der Waals surface area contributed by atoms with E-state index in [4.69, 9.17) is 9.47 Å². The van der Waals surface area contributed by atoms with E-state index in [9.17, 15) is 4.79 Å². The van der Waals surface area contributed by atoms with Gasteiger partial charge in [0.05, 0.1) is 0 Å². The van der Waals surface area contributed by atoms with Gasteiger partial charge in [0.15, 0.2) is 5.78 Å². The first-order valence-corrected chi connectivity index (χ1v) is 5.08. The van der Waals surface area contributed by atoms with Crippen LogP contribution in [-0.4, -0.2) is 36.9 Å². The van der Waals surface area contributed by atoms with Crippen LogP contribution in [0.2, 0.25) is 0 Å². The first-order valence-electron chi connectivity index (χ1n) is 5.08. The van der Waals surface area contributed by atoms with Gasteiger partial charge >= 0.3 is 0 Å². The van der Waals surface area contributed by atoms with Gasteiger partial charge in [-0.3, -0.25) is 4.79 Å². The number of carbonyl (C=O) groups is 1. The molecule has 86 valence electrons. The first-order chi connectivity index (χ1) is 7.03. The molecule has 0 spiro atoms. The number of likely N-dealkylation sites (tertiary alicyclic amines) is 1. The Morgan fingerprint density at radius 3 is 2.67 bits per heavy atom. The molecule has 0 bridgehead atoms. The van der Waals surface area contributed by atoms with E-state index in [2.05, 4.69) is 0 Å². The Morgan fingerprint density at radius 2 is 2.20 bits per heavy atom. The second-order valence-electron chi connectivity index (χ2n) is 3.94. The van der Waals surface area contributed by atoms with E-state index in [0.29, 0.717) is 0 Å². The summed E-state index contributed by atoms with van der Waals surface area (Å²) in [7, 11) is 3.34. The molecule has 4 nitrogen and oxygen atoms in total. The summed E-state index contributed by atoms with van der Waals surface area (Å²) in [5, 5.41) is 0. The van der Waals surface area contributed by atoms with Crippen LogP contribution in [0.3, 0.4) is 0 Å². The van der Waals surface area contributed by atoms with Crippen molar-refractivity contribution in [3.8, 4) is 0 Å². The molecule has 1 rings (SSSR count). The van der Waals surface area contributed by atoms with Crippen molar-refractivity contribution in [3.05, 3.63) is 12.3 Å². The fraction of sp³-hybridized carbons (Fsp3) is 0.727. The van der Waals surface area contributed by atoms with Crippen molar-refractivity contribution in [2.75, 3.05) is 14.2 Å². The van der Waals surface area contributed by atoms with Crippen molar-refractivity contribution in [1.29, 1.82) is 0 Å². The van der Waals surface area contributed by atoms with Crippen LogP contribution in [-0.2, 0) is 14.3 Å². The van der Waals surface area contributed by atoms with Gasteiger partial charge in [-0.15, -0.1) is 0 Å². The fourth-order valence-electron chi connectivity index (χ4n) is 1.84. The van der Waals surface area contributed by atoms with Crippen molar-refractivity contribution in [3.63, 3.8) is 0 Å². The Hall–Kier alpha value is -0.870. The van der Waals surface area contributed by atoms with Gasteiger partial charge in [-0.2, -0.15) is 0 Å². The maximum Gasteiger partial charge on any atom is 0.154 e. The highest BCUT2D eigenvalue weighted by atomic mass is 16.5. The van der Waals surface area contributed by atoms with Gasteiger partial charge in [-0.25, -0.2) is 0 Å². The molecule has 0 aliphatic carbocycles. The first kappa shape index (κ1) is 12.2. The minimum Gasteiger partial charge on any atom is -0.362 e. The Morgan fingerprint density at radius 1 is 1.53 bits per heavy atom. The summed E-state index contributed by atoms with van der Waals surface area (Å²) >= 11 is 0. The second kappa shape index (κ2) is 4.77. The lowest BCUT2D eigenvalue weighted by atomic mass is 10.2. The topological polar surface area (TPSA) is 38.8 Å². The third-order valence-corrected chi connectivity index (χ3v) is 2.89. The van der Waals surface area contributed by atoms with Crippen molar-refractivity contribution in [1.82, 2.24) is 4.90 Å². The number of hydrogen-bond acceptors (Lipinski definition) is 4. The van der Waals surface area contributed by atoms with E-state index >= 15 is 0 Å². The molecular formula is C11H19NO3. The van der Waals surface area contributed by atoms with E-state index in [1.165, 1.54) is 13.0 Å². The van der Waals surface area contributed by atoms with Gasteiger partial charge in [0.2, 0.25) is 0 Å². The summed E-state index contributed by atoms with van der Waals surface area (Å²) in [5.41, 5.74) is -0.368. The van der Waals surface area contributed by atoms with E-state index in [1.807, 2.05) is 11.8 Å². The van der Waals surface area contributed by atoms with Crippen LogP contribution in [0.25, 0.3) is 0 Å². The van der Waals surface area contributed by atoms with E-state index < -0.39 is 0 Å². The van der Waals surface area contributed by atoms with Gasteiger partial charge < -0.3 is 14.4 Å². The fourth-order valence-corrected chi connectivity index (χ4v) is 1.84. The van der Waals surface area contributed by atoms with E-state index in [0.717, 1.165) is 12.8 Å². The highest BCUT2D eigenvalue weighted by Crippen LogP contribution is 2.34. The summed E-state index contributed by atoms with van der Waals surface area (Å²) in [5.74, 6) is 0.0233. The second-order valence-corrected chi connectivity index (χ2v) is 3.94. The Bertz CT molecular complexity index is 265. The number of rotatable bonds is 4. The number of nitrogens with zero attached hydrogens (tertiary/aromatic N) is 1. The molecule has 1 fully saturated rings. The minimum atomic E-state index is -0.368. The van der Waals surface area contributed by atoms with E-state index in [1.54, 1.807) is 20.4 Å². The molecule has 0 unspecified atom stereocenters. The molecule has 0 radical (unpaired) electrons. The molecule has 0 saturated carbocycles. The molecule has 0 amide bonds. The van der Waals surface area contributed by atoms with Gasteiger partial charge in [-0.05, 0) is 32.8 Å². The zero-order valence-corrected chi connectivity index (χ0v) is 9.82. The third-order valence-electron chi connectivity index (χ3n) is 2.89. The normalized spacial score (nSPS) is 31.5. The highest BCUT2D eigenvalue weighted by molar-refractivity contribution is 5.87. The number of hydrogen-bond donors (Lipinski definition) is 0. The number of ether oxygens (including phenoxy) is 2. The number of carbonyl (C=O) groups excluding carboxylic acids is 1. The zero-order valence-electron chi connectivity index (χ0n) is 9.82. The molecule has 0 aromatic carbocycles. The van der Waals surface area contributed by atoms with Gasteiger partial charge in [0.1, 0.15) is 12.0 Å². The lowest BCUT2D eigenvalue weighted by Gasteiger charge is -2.35. The molecule has 1 aliphatic heterocycles. The molecular weight excluding hydrogens is 194 g/mol. The molecule has 2 atom stereocenters. The molecule has 15 heavy (non-hydrogen) atoms. The van der Waals surface area contributed by atoms with Crippen molar-refractivity contribution in [2.45, 2.75) is 38.6 Å². The highest BCUT2D eigenvalue weighted by Gasteiger charge is 2.41. The summed E-state index contributed by atoms with van der Waals surface area (Å²) in [6.07, 6.45) is 5.08. The van der Waals surface area contributed by atoms with Crippen LogP contribution < -0.4 is 0 Å². The summed E-state index contributed by atoms with van der Waals surface area (Å²) < 4.78 is 10.8. The van der Waals surface area contributed by atoms with Crippen molar-refractivity contribution in [2.24, 2.45) is 0 Å². The summed E-state index contributed by atoms with van der Waals surface area (Å²) in [4.78, 5) is 12.9. The van der Waals surface area contributed by atoms with Crippen LogP contribution in [0.15, 0.2) is 12.3 Å². The minimum absolute atomic E-state index is 0.00875. The number of allylic oxidation sites excluding steroid dienone is 1. The van der Waals surface area contributed by atoms with Crippen LogP contribution in [0, 0.1) is 0 Å². The molecule has 1 saturated heterocycles. The SMILES string of the molecule is CO[C@@H]1CC[C@@](C)(OC)N1/C=C/C(C)=O. The average Bonchev–Trinajstić information content (AvgIpc) is 2.53. The monoisotopic (exact) mass is 213 g/mol. The van der Waals surface area contributed by atoms with Gasteiger partial charge in [0.25, 0.3) is 0 Å². The smallest absolute Gasteiger partial charge is 0.154 e. The Labute approximate surface area is 90.8 Å². The van der Waals surface area contributed by atoms with E-state index in [-0.39, 0.29) is 17.7 Å². The molecule has 4 heteroatoms. The lowest BCUT2D eigenvalue weighted by molar-refractivity contribution is -0.125. The van der Waals surface area contributed by atoms with Crippen LogP contribution in [0.1, 0.15) is 26.7 Å². The predicted molar refractivity (Wildman–Crippen MR) is 57.1 cm³/mol. The molecule has 0 N–H and O–H groups in total. The van der Waals surface area contributed by atoms with Crippen LogP contribution in [0.5, 0.6) is 0 Å². The average molecular weight is 213 g/mol. The predicted octanol–water partition coefficient (Wildman–Crippen LogP) is 1.52. The lowest BCUT2D eigenvalue weighted by Crippen LogP contribution is -2.43. The van der Waals surface area contributed by atoms with Crippen molar-refractivity contribution >= 4 is 5.78 Å². The van der Waals surface area contributed by atoms with Gasteiger partial charge in [0, 0.05) is 20.4 Å². The van der Waals surface area contributed by atoms with Gasteiger partial charge in [-0.1, -0.05) is 0 Å². The number of ketones is 1. The zero-order chi connectivity index (χ0) is 11.5.